The van der Waals surface area contributed by atoms with Gasteiger partial charge in [0.1, 0.15) is 11.6 Å². The van der Waals surface area contributed by atoms with Gasteiger partial charge in [0, 0.05) is 0 Å². The highest BCUT2D eigenvalue weighted by molar-refractivity contribution is 6.32. The molecule has 0 radical (unpaired) electrons. The van der Waals surface area contributed by atoms with Crippen molar-refractivity contribution in [2.45, 2.75) is 0 Å². The van der Waals surface area contributed by atoms with Crippen molar-refractivity contribution in [3.05, 3.63) is 230 Å². The Bertz CT molecular complexity index is 3750. The van der Waals surface area contributed by atoms with E-state index in [9.17, 15) is 8.78 Å². The van der Waals surface area contributed by atoms with E-state index in [0.717, 1.165) is 44.2 Å². The fraction of sp³-hybridized carbons (Fsp3) is 0. The minimum absolute atomic E-state index is 0.250. The summed E-state index contributed by atoms with van der Waals surface area (Å²) in [5.41, 5.74) is 20.9. The lowest BCUT2D eigenvalue weighted by molar-refractivity contribution is 0.627. The number of halogens is 2. The molecule has 14 rings (SSSR count). The summed E-state index contributed by atoms with van der Waals surface area (Å²) in [6.07, 6.45) is 0. The van der Waals surface area contributed by atoms with Crippen molar-refractivity contribution in [2.75, 3.05) is 0 Å². The van der Waals surface area contributed by atoms with E-state index in [0.29, 0.717) is 0 Å². The molecule has 66 heavy (non-hydrogen) atoms. The SMILES string of the molecule is Fc1ccc(-c2c3c(c(-c4ccccc4)c4ccccc24)-c2cccc4c(-c5ccc6c7c(cccc57)-c5c-6c(-c6ccc(F)cc6)c6ccccc6c5-c5ccccc5)ccc-3c24)cc1. The van der Waals surface area contributed by atoms with Gasteiger partial charge in [0.15, 0.2) is 0 Å². The van der Waals surface area contributed by atoms with Gasteiger partial charge in [-0.3, -0.25) is 0 Å². The Morgan fingerprint density at radius 2 is 0.455 bits per heavy atom. The third-order valence-electron chi connectivity index (χ3n) is 14.3. The first-order chi connectivity index (χ1) is 32.6. The molecule has 12 aromatic rings. The van der Waals surface area contributed by atoms with E-state index in [1.165, 1.54) is 99.1 Å². The molecule has 0 N–H and O–H groups in total. The van der Waals surface area contributed by atoms with Gasteiger partial charge >= 0.3 is 0 Å². The van der Waals surface area contributed by atoms with Gasteiger partial charge in [-0.15, -0.1) is 0 Å². The smallest absolute Gasteiger partial charge is 0.123 e. The van der Waals surface area contributed by atoms with Crippen molar-refractivity contribution < 1.29 is 8.78 Å². The standard InChI is InChI=1S/C64H36F2/c65-41-29-25-39(26-30-41)57-49-19-9-7-17-47(49)55(37-13-3-1-4-14-37)61-51-23-11-21-45-43(33-35-53(59(45)51)63(57)61)44-34-36-54-60-46(44)22-12-24-52(60)62-56(38-15-5-2-6-16-38)48-18-8-10-20-50(48)58(64(54)62)40-27-31-42(66)32-28-40/h1-36H. The van der Waals surface area contributed by atoms with Crippen LogP contribution in [0.1, 0.15) is 0 Å². The largest absolute Gasteiger partial charge is 0.207 e. The number of fused-ring (bicyclic) bond motifs is 8. The highest BCUT2D eigenvalue weighted by atomic mass is 19.1. The minimum Gasteiger partial charge on any atom is -0.207 e. The molecule has 0 nitrogen and oxygen atoms in total. The fourth-order valence-electron chi connectivity index (χ4n) is 11.7. The molecular weight excluding hydrogens is 807 g/mol. The van der Waals surface area contributed by atoms with Gasteiger partial charge in [-0.2, -0.15) is 0 Å². The second kappa shape index (κ2) is 14.0. The van der Waals surface area contributed by atoms with Crippen molar-refractivity contribution in [3.63, 3.8) is 0 Å². The van der Waals surface area contributed by atoms with Gasteiger partial charge in [-0.1, -0.05) is 194 Å². The first-order valence-electron chi connectivity index (χ1n) is 22.6. The topological polar surface area (TPSA) is 0 Å². The van der Waals surface area contributed by atoms with Gasteiger partial charge < -0.3 is 0 Å². The summed E-state index contributed by atoms with van der Waals surface area (Å²) in [6.45, 7) is 0. The number of rotatable bonds is 5. The zero-order valence-corrected chi connectivity index (χ0v) is 35.5. The predicted molar refractivity (Wildman–Crippen MR) is 272 cm³/mol. The molecule has 2 aliphatic rings. The zero-order chi connectivity index (χ0) is 43.6. The fourth-order valence-corrected chi connectivity index (χ4v) is 11.7. The van der Waals surface area contributed by atoms with Crippen LogP contribution < -0.4 is 0 Å². The second-order valence-electron chi connectivity index (χ2n) is 17.6. The molecule has 0 aromatic heterocycles. The lowest BCUT2D eigenvalue weighted by atomic mass is 9.82. The minimum atomic E-state index is -0.250. The summed E-state index contributed by atoms with van der Waals surface area (Å²) in [6, 6.07) is 75.7. The number of hydrogen-bond donors (Lipinski definition) is 0. The lowest BCUT2D eigenvalue weighted by Gasteiger charge is -2.20. The van der Waals surface area contributed by atoms with Crippen LogP contribution in [0.5, 0.6) is 0 Å². The van der Waals surface area contributed by atoms with Crippen LogP contribution in [0.25, 0.3) is 143 Å². The molecule has 0 fully saturated rings. The summed E-state index contributed by atoms with van der Waals surface area (Å²) in [5, 5.41) is 9.44. The molecule has 306 valence electrons. The monoisotopic (exact) mass is 842 g/mol. The Morgan fingerprint density at radius 1 is 0.182 bits per heavy atom. The Labute approximate surface area is 380 Å². The first-order valence-corrected chi connectivity index (χ1v) is 22.6. The van der Waals surface area contributed by atoms with Crippen LogP contribution in [0.4, 0.5) is 8.78 Å². The van der Waals surface area contributed by atoms with Crippen LogP contribution in [-0.4, -0.2) is 0 Å². The molecule has 2 aliphatic carbocycles. The third kappa shape index (κ3) is 5.13. The molecule has 0 spiro atoms. The molecule has 0 unspecified atom stereocenters. The van der Waals surface area contributed by atoms with Gasteiger partial charge in [0.25, 0.3) is 0 Å². The molecule has 0 atom stereocenters. The molecule has 12 aromatic carbocycles. The van der Waals surface area contributed by atoms with E-state index in [1.54, 1.807) is 24.3 Å². The van der Waals surface area contributed by atoms with Gasteiger partial charge in [0.05, 0.1) is 0 Å². The highest BCUT2D eigenvalue weighted by Crippen LogP contribution is 2.61. The van der Waals surface area contributed by atoms with E-state index in [4.69, 9.17) is 0 Å². The van der Waals surface area contributed by atoms with Crippen molar-refractivity contribution in [2.24, 2.45) is 0 Å². The maximum Gasteiger partial charge on any atom is 0.123 e. The average Bonchev–Trinajstić information content (AvgIpc) is 3.88. The van der Waals surface area contributed by atoms with Crippen molar-refractivity contribution >= 4 is 43.1 Å². The Kier molecular flexibility index (Phi) is 7.85. The van der Waals surface area contributed by atoms with Crippen LogP contribution in [-0.2, 0) is 0 Å². The quantitative estimate of drug-likeness (QED) is 0.162. The molecule has 0 heterocycles. The van der Waals surface area contributed by atoms with E-state index in [-0.39, 0.29) is 11.6 Å². The summed E-state index contributed by atoms with van der Waals surface area (Å²) in [7, 11) is 0. The first kappa shape index (κ1) is 37.0. The van der Waals surface area contributed by atoms with Crippen molar-refractivity contribution in [1.82, 2.24) is 0 Å². The second-order valence-corrected chi connectivity index (χ2v) is 17.6. The molecule has 0 bridgehead atoms. The van der Waals surface area contributed by atoms with Crippen molar-refractivity contribution in [1.29, 1.82) is 0 Å². The zero-order valence-electron chi connectivity index (χ0n) is 35.5. The predicted octanol–water partition coefficient (Wildman–Crippen LogP) is 18.2. The van der Waals surface area contributed by atoms with Gasteiger partial charge in [0.2, 0.25) is 0 Å². The summed E-state index contributed by atoms with van der Waals surface area (Å²) in [5.74, 6) is -0.499. The Hall–Kier alpha value is -8.46. The molecule has 2 heteroatoms. The summed E-state index contributed by atoms with van der Waals surface area (Å²) >= 11 is 0. The van der Waals surface area contributed by atoms with E-state index < -0.39 is 0 Å². The summed E-state index contributed by atoms with van der Waals surface area (Å²) in [4.78, 5) is 0. The van der Waals surface area contributed by atoms with Crippen LogP contribution >= 0.6 is 0 Å². The van der Waals surface area contributed by atoms with E-state index >= 15 is 0 Å². The van der Waals surface area contributed by atoms with Crippen LogP contribution in [0.2, 0.25) is 0 Å². The number of benzene rings is 12. The van der Waals surface area contributed by atoms with Crippen LogP contribution in [0, 0.1) is 11.6 Å². The van der Waals surface area contributed by atoms with Gasteiger partial charge in [-0.25, -0.2) is 8.78 Å². The molecule has 0 aliphatic heterocycles. The Balaban J connectivity index is 1.06. The molecule has 0 amide bonds. The normalized spacial score (nSPS) is 12.1. The molecule has 0 saturated heterocycles. The molecule has 0 saturated carbocycles. The number of hydrogen-bond acceptors (Lipinski definition) is 0. The maximum atomic E-state index is 14.6. The lowest BCUT2D eigenvalue weighted by Crippen LogP contribution is -1.93. The van der Waals surface area contributed by atoms with E-state index in [2.05, 4.69) is 170 Å². The van der Waals surface area contributed by atoms with Crippen LogP contribution in [0.3, 0.4) is 0 Å². The average molecular weight is 843 g/mol. The van der Waals surface area contributed by atoms with Crippen molar-refractivity contribution in [3.8, 4) is 100 Å². The molecular formula is C64H36F2. The third-order valence-corrected chi connectivity index (χ3v) is 14.3. The summed E-state index contributed by atoms with van der Waals surface area (Å²) < 4.78 is 29.2. The van der Waals surface area contributed by atoms with Gasteiger partial charge in [-0.05, 0) is 167 Å². The van der Waals surface area contributed by atoms with E-state index in [1.807, 2.05) is 24.3 Å². The maximum absolute atomic E-state index is 14.6. The highest BCUT2D eigenvalue weighted by Gasteiger charge is 2.34. The van der Waals surface area contributed by atoms with Crippen LogP contribution in [0.15, 0.2) is 218 Å². The Morgan fingerprint density at radius 3 is 0.803 bits per heavy atom.